The van der Waals surface area contributed by atoms with Gasteiger partial charge in [0.05, 0.1) is 0 Å². The first-order valence-electron chi connectivity index (χ1n) is 8.31. The van der Waals surface area contributed by atoms with Crippen LogP contribution in [0.15, 0.2) is 10.5 Å². The average molecular weight is 324 g/mol. The van der Waals surface area contributed by atoms with Gasteiger partial charge >= 0.3 is 6.09 Å². The number of carbonyl (C=O) groups excluding carboxylic acids is 1. The fourth-order valence-corrected chi connectivity index (χ4v) is 2.47. The number of ether oxygens (including phenoxy) is 1. The normalized spacial score (nSPS) is 13.3. The molecule has 1 atom stereocenters. The summed E-state index contributed by atoms with van der Waals surface area (Å²) in [5.41, 5.74) is 0.687. The average Bonchev–Trinajstić information content (AvgIpc) is 2.70. The van der Waals surface area contributed by atoms with E-state index in [1.807, 2.05) is 48.5 Å². The van der Waals surface area contributed by atoms with Crippen molar-refractivity contribution in [2.45, 2.75) is 73.1 Å². The van der Waals surface area contributed by atoms with Gasteiger partial charge in [-0.1, -0.05) is 0 Å². The van der Waals surface area contributed by atoms with E-state index in [2.05, 4.69) is 18.3 Å². The molecule has 5 nitrogen and oxygen atoms in total. The van der Waals surface area contributed by atoms with Crippen molar-refractivity contribution >= 4 is 6.09 Å². The summed E-state index contributed by atoms with van der Waals surface area (Å²) >= 11 is 0. The van der Waals surface area contributed by atoms with Gasteiger partial charge in [-0.3, -0.25) is 0 Å². The number of nitrogens with zero attached hydrogens (tertiary/aromatic N) is 1. The fourth-order valence-electron chi connectivity index (χ4n) is 2.47. The smallest absolute Gasteiger partial charge is 0.410 e. The number of furan rings is 1. The summed E-state index contributed by atoms with van der Waals surface area (Å²) < 4.78 is 11.0. The third kappa shape index (κ3) is 6.26. The van der Waals surface area contributed by atoms with Crippen LogP contribution in [0.3, 0.4) is 0 Å². The lowest BCUT2D eigenvalue weighted by Gasteiger charge is -2.30. The minimum atomic E-state index is -0.476. The van der Waals surface area contributed by atoms with Crippen molar-refractivity contribution in [3.05, 3.63) is 23.2 Å². The van der Waals surface area contributed by atoms with Gasteiger partial charge in [0, 0.05) is 30.7 Å². The molecule has 0 aromatic carbocycles. The zero-order valence-corrected chi connectivity index (χ0v) is 15.8. The molecule has 1 heterocycles. The highest BCUT2D eigenvalue weighted by Gasteiger charge is 2.24. The van der Waals surface area contributed by atoms with E-state index in [0.717, 1.165) is 17.1 Å². The van der Waals surface area contributed by atoms with Gasteiger partial charge in [0.2, 0.25) is 0 Å². The Balaban J connectivity index is 2.56. The number of carbonyl (C=O) groups is 1. The molecule has 0 saturated carbocycles. The Bertz CT molecular complexity index is 515. The molecule has 0 aliphatic heterocycles. The van der Waals surface area contributed by atoms with Crippen LogP contribution in [0.2, 0.25) is 0 Å². The molecule has 0 bridgehead atoms. The third-order valence-electron chi connectivity index (χ3n) is 3.60. The summed E-state index contributed by atoms with van der Waals surface area (Å²) in [5, 5.41) is 3.45. The summed E-state index contributed by atoms with van der Waals surface area (Å²) in [6, 6.07) is 2.33. The predicted octanol–water partition coefficient (Wildman–Crippen LogP) is 4.19. The Kier molecular flexibility index (Phi) is 6.69. The first kappa shape index (κ1) is 19.6. The lowest BCUT2D eigenvalue weighted by atomic mass is 10.1. The standard InChI is InChI=1S/C18H32N2O3/c1-12(2)20(17(21)23-18(6,7)8)10-9-19-14(4)16-11-13(3)22-15(16)5/h11-12,14,19H,9-10H2,1-8H3. The van der Waals surface area contributed by atoms with Gasteiger partial charge in [0.15, 0.2) is 0 Å². The molecule has 0 aliphatic rings. The second kappa shape index (κ2) is 7.86. The molecule has 0 fully saturated rings. The second-order valence-corrected chi connectivity index (χ2v) is 7.31. The van der Waals surface area contributed by atoms with Crippen molar-refractivity contribution in [1.82, 2.24) is 10.2 Å². The molecule has 0 radical (unpaired) electrons. The Morgan fingerprint density at radius 1 is 1.30 bits per heavy atom. The summed E-state index contributed by atoms with van der Waals surface area (Å²) in [6.07, 6.45) is -0.266. The zero-order chi connectivity index (χ0) is 17.8. The summed E-state index contributed by atoms with van der Waals surface area (Å²) in [7, 11) is 0. The quantitative estimate of drug-likeness (QED) is 0.852. The van der Waals surface area contributed by atoms with Crippen LogP contribution in [0.4, 0.5) is 4.79 Å². The van der Waals surface area contributed by atoms with E-state index in [-0.39, 0.29) is 18.2 Å². The minimum Gasteiger partial charge on any atom is -0.466 e. The third-order valence-corrected chi connectivity index (χ3v) is 3.60. The number of amides is 1. The lowest BCUT2D eigenvalue weighted by molar-refractivity contribution is 0.0192. The molecule has 23 heavy (non-hydrogen) atoms. The molecule has 1 unspecified atom stereocenters. The number of hydrogen-bond donors (Lipinski definition) is 1. The van der Waals surface area contributed by atoms with E-state index in [0.29, 0.717) is 13.1 Å². The summed E-state index contributed by atoms with van der Waals surface area (Å²) in [4.78, 5) is 14.0. The van der Waals surface area contributed by atoms with Crippen molar-refractivity contribution in [3.63, 3.8) is 0 Å². The molecule has 1 N–H and O–H groups in total. The van der Waals surface area contributed by atoms with Gasteiger partial charge in [0.1, 0.15) is 17.1 Å². The van der Waals surface area contributed by atoms with Gasteiger partial charge in [-0.15, -0.1) is 0 Å². The number of hydrogen-bond acceptors (Lipinski definition) is 4. The highest BCUT2D eigenvalue weighted by atomic mass is 16.6. The van der Waals surface area contributed by atoms with Crippen LogP contribution >= 0.6 is 0 Å². The van der Waals surface area contributed by atoms with Crippen LogP contribution in [-0.2, 0) is 4.74 Å². The van der Waals surface area contributed by atoms with Gasteiger partial charge < -0.3 is 19.4 Å². The molecular weight excluding hydrogens is 292 g/mol. The topological polar surface area (TPSA) is 54.7 Å². The summed E-state index contributed by atoms with van der Waals surface area (Å²) in [6.45, 7) is 17.0. The van der Waals surface area contributed by atoms with E-state index in [1.165, 1.54) is 0 Å². The molecule has 1 rings (SSSR count). The molecule has 1 aromatic heterocycles. The Morgan fingerprint density at radius 3 is 2.35 bits per heavy atom. The SMILES string of the molecule is Cc1cc(C(C)NCCN(C(=O)OC(C)(C)C)C(C)C)c(C)o1. The molecule has 0 aliphatic carbocycles. The van der Waals surface area contributed by atoms with Gasteiger partial charge in [-0.05, 0) is 61.5 Å². The Hall–Kier alpha value is -1.49. The maximum absolute atomic E-state index is 12.3. The minimum absolute atomic E-state index is 0.0971. The van der Waals surface area contributed by atoms with Crippen LogP contribution in [-0.4, -0.2) is 35.7 Å². The van der Waals surface area contributed by atoms with E-state index < -0.39 is 5.60 Å². The van der Waals surface area contributed by atoms with E-state index in [1.54, 1.807) is 4.90 Å². The molecular formula is C18H32N2O3. The van der Waals surface area contributed by atoms with E-state index in [4.69, 9.17) is 9.15 Å². The van der Waals surface area contributed by atoms with Gasteiger partial charge in [-0.25, -0.2) is 4.79 Å². The monoisotopic (exact) mass is 324 g/mol. The number of aryl methyl sites for hydroxylation is 2. The second-order valence-electron chi connectivity index (χ2n) is 7.31. The van der Waals surface area contributed by atoms with Crippen LogP contribution in [0, 0.1) is 13.8 Å². The molecule has 1 aromatic rings. The highest BCUT2D eigenvalue weighted by molar-refractivity contribution is 5.68. The molecule has 1 amide bonds. The Morgan fingerprint density at radius 2 is 1.91 bits per heavy atom. The van der Waals surface area contributed by atoms with Gasteiger partial charge in [-0.2, -0.15) is 0 Å². The molecule has 5 heteroatoms. The zero-order valence-electron chi connectivity index (χ0n) is 15.8. The number of rotatable bonds is 6. The largest absolute Gasteiger partial charge is 0.466 e. The van der Waals surface area contributed by atoms with Crippen molar-refractivity contribution < 1.29 is 13.9 Å². The van der Waals surface area contributed by atoms with Crippen molar-refractivity contribution in [2.75, 3.05) is 13.1 Å². The first-order valence-corrected chi connectivity index (χ1v) is 8.31. The highest BCUT2D eigenvalue weighted by Crippen LogP contribution is 2.21. The van der Waals surface area contributed by atoms with Gasteiger partial charge in [0.25, 0.3) is 0 Å². The van der Waals surface area contributed by atoms with E-state index in [9.17, 15) is 4.79 Å². The van der Waals surface area contributed by atoms with E-state index >= 15 is 0 Å². The fraction of sp³-hybridized carbons (Fsp3) is 0.722. The lowest BCUT2D eigenvalue weighted by Crippen LogP contribution is -2.44. The van der Waals surface area contributed by atoms with Crippen LogP contribution in [0.25, 0.3) is 0 Å². The maximum Gasteiger partial charge on any atom is 0.410 e. The van der Waals surface area contributed by atoms with Crippen molar-refractivity contribution in [1.29, 1.82) is 0 Å². The van der Waals surface area contributed by atoms with Crippen molar-refractivity contribution in [3.8, 4) is 0 Å². The van der Waals surface area contributed by atoms with Crippen LogP contribution < -0.4 is 5.32 Å². The number of nitrogens with one attached hydrogen (secondary N) is 1. The van der Waals surface area contributed by atoms with Crippen LogP contribution in [0.5, 0.6) is 0 Å². The molecule has 132 valence electrons. The Labute approximate surface area is 140 Å². The van der Waals surface area contributed by atoms with Crippen molar-refractivity contribution in [2.24, 2.45) is 0 Å². The maximum atomic E-state index is 12.3. The molecule has 0 spiro atoms. The summed E-state index contributed by atoms with van der Waals surface area (Å²) in [5.74, 6) is 1.86. The molecule has 0 saturated heterocycles. The first-order chi connectivity index (χ1) is 10.5. The predicted molar refractivity (Wildman–Crippen MR) is 92.7 cm³/mol. The van der Waals surface area contributed by atoms with Crippen LogP contribution in [0.1, 0.15) is 64.7 Å².